The summed E-state index contributed by atoms with van der Waals surface area (Å²) >= 11 is 6.38. The highest BCUT2D eigenvalue weighted by molar-refractivity contribution is 6.32. The second-order valence-electron chi connectivity index (χ2n) is 8.22. The Morgan fingerprint density at radius 1 is 1.00 bits per heavy atom. The molecule has 2 aromatic rings. The Hall–Kier alpha value is -2.60. The minimum Gasteiger partial charge on any atom is -0.489 e. The molecule has 164 valence electrons. The van der Waals surface area contributed by atoms with Crippen molar-refractivity contribution >= 4 is 23.4 Å². The van der Waals surface area contributed by atoms with Gasteiger partial charge in [-0.1, -0.05) is 30.5 Å². The van der Waals surface area contributed by atoms with Crippen LogP contribution in [0.5, 0.6) is 5.75 Å². The summed E-state index contributed by atoms with van der Waals surface area (Å²) in [4.78, 5) is 26.7. The van der Waals surface area contributed by atoms with Crippen molar-refractivity contribution in [2.75, 3.05) is 13.1 Å². The molecule has 0 bridgehead atoms. The maximum atomic E-state index is 13.4. The van der Waals surface area contributed by atoms with E-state index < -0.39 is 5.82 Å². The second kappa shape index (κ2) is 9.69. The van der Waals surface area contributed by atoms with Gasteiger partial charge in [0, 0.05) is 43.1 Å². The first-order chi connectivity index (χ1) is 15.0. The first kappa shape index (κ1) is 21.6. The SMILES string of the molecule is O=C(NC1CCCC1)c1ccc(OC2CCN(C(=O)c3cccc(F)c3)CC2)c(Cl)c1. The van der Waals surface area contributed by atoms with Crippen LogP contribution >= 0.6 is 11.6 Å². The minimum atomic E-state index is -0.418. The number of piperidine rings is 1. The van der Waals surface area contributed by atoms with E-state index >= 15 is 0 Å². The van der Waals surface area contributed by atoms with Gasteiger partial charge in [-0.2, -0.15) is 0 Å². The molecule has 1 heterocycles. The normalized spacial score (nSPS) is 17.5. The molecule has 1 saturated carbocycles. The molecule has 7 heteroatoms. The summed E-state index contributed by atoms with van der Waals surface area (Å²) in [6.07, 6.45) is 5.60. The lowest BCUT2D eigenvalue weighted by Gasteiger charge is -2.32. The lowest BCUT2D eigenvalue weighted by atomic mass is 10.1. The van der Waals surface area contributed by atoms with Crippen molar-refractivity contribution in [3.63, 3.8) is 0 Å². The number of nitrogens with one attached hydrogen (secondary N) is 1. The van der Waals surface area contributed by atoms with Crippen LogP contribution in [0.25, 0.3) is 0 Å². The number of rotatable bonds is 5. The topological polar surface area (TPSA) is 58.6 Å². The average Bonchev–Trinajstić information content (AvgIpc) is 3.28. The molecule has 0 radical (unpaired) electrons. The molecule has 1 saturated heterocycles. The molecule has 0 unspecified atom stereocenters. The van der Waals surface area contributed by atoms with Crippen molar-refractivity contribution in [3.05, 3.63) is 64.4 Å². The third kappa shape index (κ3) is 5.37. The third-order valence-corrected chi connectivity index (χ3v) is 6.27. The van der Waals surface area contributed by atoms with E-state index in [1.807, 2.05) is 0 Å². The Balaban J connectivity index is 1.31. The van der Waals surface area contributed by atoms with Crippen molar-refractivity contribution < 1.29 is 18.7 Å². The van der Waals surface area contributed by atoms with Crippen molar-refractivity contribution in [1.82, 2.24) is 10.2 Å². The Bertz CT molecular complexity index is 954. The Morgan fingerprint density at radius 2 is 1.74 bits per heavy atom. The first-order valence-corrected chi connectivity index (χ1v) is 11.2. The molecule has 2 aromatic carbocycles. The van der Waals surface area contributed by atoms with Gasteiger partial charge < -0.3 is 15.0 Å². The number of likely N-dealkylation sites (tertiary alicyclic amines) is 1. The fourth-order valence-corrected chi connectivity index (χ4v) is 4.46. The number of carbonyl (C=O) groups excluding carboxylic acids is 2. The molecule has 2 amide bonds. The van der Waals surface area contributed by atoms with Crippen molar-refractivity contribution in [2.45, 2.75) is 50.7 Å². The Morgan fingerprint density at radius 3 is 2.42 bits per heavy atom. The minimum absolute atomic E-state index is 0.0766. The molecule has 0 spiro atoms. The van der Waals surface area contributed by atoms with E-state index in [4.69, 9.17) is 16.3 Å². The maximum Gasteiger partial charge on any atom is 0.253 e. The van der Waals surface area contributed by atoms with E-state index in [0.29, 0.717) is 47.8 Å². The predicted molar refractivity (Wildman–Crippen MR) is 117 cm³/mol. The summed E-state index contributed by atoms with van der Waals surface area (Å²) in [6.45, 7) is 1.05. The molecule has 2 fully saturated rings. The summed E-state index contributed by atoms with van der Waals surface area (Å²) < 4.78 is 19.4. The van der Waals surface area contributed by atoms with Gasteiger partial charge in [0.1, 0.15) is 17.7 Å². The van der Waals surface area contributed by atoms with Crippen LogP contribution in [0.4, 0.5) is 4.39 Å². The van der Waals surface area contributed by atoms with Crippen LogP contribution in [0.3, 0.4) is 0 Å². The lowest BCUT2D eigenvalue weighted by Crippen LogP contribution is -2.41. The van der Waals surface area contributed by atoms with Crippen LogP contribution in [0.2, 0.25) is 5.02 Å². The highest BCUT2D eigenvalue weighted by Gasteiger charge is 2.26. The quantitative estimate of drug-likeness (QED) is 0.718. The van der Waals surface area contributed by atoms with Gasteiger partial charge >= 0.3 is 0 Å². The van der Waals surface area contributed by atoms with Crippen LogP contribution < -0.4 is 10.1 Å². The fourth-order valence-electron chi connectivity index (χ4n) is 4.24. The average molecular weight is 445 g/mol. The molecular weight excluding hydrogens is 419 g/mol. The van der Waals surface area contributed by atoms with E-state index in [0.717, 1.165) is 25.7 Å². The van der Waals surface area contributed by atoms with Gasteiger partial charge in [0.25, 0.3) is 11.8 Å². The molecule has 1 aliphatic heterocycles. The molecule has 5 nitrogen and oxygen atoms in total. The summed E-state index contributed by atoms with van der Waals surface area (Å²) in [5.74, 6) is -0.161. The van der Waals surface area contributed by atoms with Gasteiger partial charge in [-0.05, 0) is 49.2 Å². The number of halogens is 2. The zero-order valence-electron chi connectivity index (χ0n) is 17.3. The number of benzene rings is 2. The number of hydrogen-bond donors (Lipinski definition) is 1. The third-order valence-electron chi connectivity index (χ3n) is 5.98. The zero-order chi connectivity index (χ0) is 21.8. The van der Waals surface area contributed by atoms with Crippen LogP contribution in [0.1, 0.15) is 59.2 Å². The molecule has 0 atom stereocenters. The van der Waals surface area contributed by atoms with Gasteiger partial charge in [0.05, 0.1) is 5.02 Å². The van der Waals surface area contributed by atoms with E-state index in [1.54, 1.807) is 29.2 Å². The van der Waals surface area contributed by atoms with E-state index in [1.165, 1.54) is 18.2 Å². The summed E-state index contributed by atoms with van der Waals surface area (Å²) in [6, 6.07) is 11.1. The van der Waals surface area contributed by atoms with Gasteiger partial charge in [-0.25, -0.2) is 4.39 Å². The summed E-state index contributed by atoms with van der Waals surface area (Å²) in [5.41, 5.74) is 0.883. The monoisotopic (exact) mass is 444 g/mol. The highest BCUT2D eigenvalue weighted by Crippen LogP contribution is 2.29. The number of amides is 2. The number of nitrogens with zero attached hydrogens (tertiary/aromatic N) is 1. The summed E-state index contributed by atoms with van der Waals surface area (Å²) in [7, 11) is 0. The van der Waals surface area contributed by atoms with E-state index in [-0.39, 0.29) is 24.0 Å². The molecule has 0 aromatic heterocycles. The maximum absolute atomic E-state index is 13.4. The number of carbonyl (C=O) groups is 2. The molecule has 2 aliphatic rings. The first-order valence-electron chi connectivity index (χ1n) is 10.8. The van der Waals surface area contributed by atoms with Crippen molar-refractivity contribution in [2.24, 2.45) is 0 Å². The van der Waals surface area contributed by atoms with Crippen LogP contribution in [0, 0.1) is 5.82 Å². The summed E-state index contributed by atoms with van der Waals surface area (Å²) in [5, 5.41) is 3.46. The Labute approximate surface area is 186 Å². The van der Waals surface area contributed by atoms with Crippen LogP contribution in [-0.2, 0) is 0 Å². The molecule has 1 N–H and O–H groups in total. The van der Waals surface area contributed by atoms with Gasteiger partial charge in [0.15, 0.2) is 0 Å². The smallest absolute Gasteiger partial charge is 0.253 e. The van der Waals surface area contributed by atoms with Gasteiger partial charge in [0.2, 0.25) is 0 Å². The van der Waals surface area contributed by atoms with Crippen molar-refractivity contribution in [1.29, 1.82) is 0 Å². The molecule has 1 aliphatic carbocycles. The number of ether oxygens (including phenoxy) is 1. The van der Waals surface area contributed by atoms with Crippen LogP contribution in [-0.4, -0.2) is 41.9 Å². The van der Waals surface area contributed by atoms with Crippen LogP contribution in [0.15, 0.2) is 42.5 Å². The second-order valence-corrected chi connectivity index (χ2v) is 8.63. The van der Waals surface area contributed by atoms with E-state index in [9.17, 15) is 14.0 Å². The fraction of sp³-hybridized carbons (Fsp3) is 0.417. The highest BCUT2D eigenvalue weighted by atomic mass is 35.5. The molecule has 4 rings (SSSR count). The standard InChI is InChI=1S/C24H26ClFN2O3/c25-21-15-16(23(29)27-19-6-1-2-7-19)8-9-22(21)31-20-10-12-28(13-11-20)24(30)17-4-3-5-18(26)14-17/h3-5,8-9,14-15,19-20H,1-2,6-7,10-13H2,(H,27,29). The lowest BCUT2D eigenvalue weighted by molar-refractivity contribution is 0.0595. The van der Waals surface area contributed by atoms with Gasteiger partial charge in [-0.3, -0.25) is 9.59 Å². The van der Waals surface area contributed by atoms with Crippen molar-refractivity contribution in [3.8, 4) is 5.75 Å². The number of hydrogen-bond acceptors (Lipinski definition) is 3. The largest absolute Gasteiger partial charge is 0.489 e. The molecular formula is C24H26ClFN2O3. The zero-order valence-corrected chi connectivity index (χ0v) is 18.0. The van der Waals surface area contributed by atoms with E-state index in [2.05, 4.69) is 5.32 Å². The molecule has 31 heavy (non-hydrogen) atoms. The van der Waals surface area contributed by atoms with Gasteiger partial charge in [-0.15, -0.1) is 0 Å². The Kier molecular flexibility index (Phi) is 6.76. The predicted octanol–water partition coefficient (Wildman–Crippen LogP) is 4.84.